The van der Waals surface area contributed by atoms with E-state index in [2.05, 4.69) is 27.4 Å². The zero-order valence-electron chi connectivity index (χ0n) is 16.6. The van der Waals surface area contributed by atoms with Crippen molar-refractivity contribution in [2.24, 2.45) is 0 Å². The Hall–Kier alpha value is -3.19. The zero-order valence-corrected chi connectivity index (χ0v) is 16.6. The number of alkyl halides is 2. The summed E-state index contributed by atoms with van der Waals surface area (Å²) < 4.78 is 27.3. The first-order valence-corrected chi connectivity index (χ1v) is 9.83. The van der Waals surface area contributed by atoms with Crippen LogP contribution in [0.1, 0.15) is 45.3 Å². The molecule has 1 N–H and O–H groups in total. The third-order valence-corrected chi connectivity index (χ3v) is 5.31. The molecule has 0 spiro atoms. The first-order chi connectivity index (χ1) is 14.5. The summed E-state index contributed by atoms with van der Waals surface area (Å²) in [4.78, 5) is 23.6. The maximum absolute atomic E-state index is 13.6. The molecule has 3 heterocycles. The molecular formula is C23H22F2N4O. The number of ketones is 1. The predicted octanol–water partition coefficient (Wildman–Crippen LogP) is 4.10. The summed E-state index contributed by atoms with van der Waals surface area (Å²) in [5, 5.41) is 3.47. The molecule has 1 aromatic carbocycles. The van der Waals surface area contributed by atoms with E-state index in [0.29, 0.717) is 24.6 Å². The van der Waals surface area contributed by atoms with Crippen LogP contribution in [0.5, 0.6) is 0 Å². The summed E-state index contributed by atoms with van der Waals surface area (Å²) in [5.74, 6) is -0.0146. The molecular weight excluding hydrogens is 386 g/mol. The highest BCUT2D eigenvalue weighted by atomic mass is 19.3. The van der Waals surface area contributed by atoms with Gasteiger partial charge in [0.25, 0.3) is 6.43 Å². The topological polar surface area (TPSA) is 58.1 Å². The summed E-state index contributed by atoms with van der Waals surface area (Å²) >= 11 is 0. The largest absolute Gasteiger partial charge is 0.353 e. The highest BCUT2D eigenvalue weighted by Gasteiger charge is 2.26. The van der Waals surface area contributed by atoms with Crippen molar-refractivity contribution in [3.8, 4) is 0 Å². The number of pyridine rings is 2. The molecule has 1 unspecified atom stereocenters. The lowest BCUT2D eigenvalue weighted by Crippen LogP contribution is -2.46. The molecule has 0 aliphatic carbocycles. The van der Waals surface area contributed by atoms with Gasteiger partial charge < -0.3 is 10.2 Å². The normalized spacial score (nSPS) is 16.7. The lowest BCUT2D eigenvalue weighted by atomic mass is 10.0. The molecule has 154 valence electrons. The summed E-state index contributed by atoms with van der Waals surface area (Å²) in [7, 11) is 0. The molecule has 2 aromatic heterocycles. The van der Waals surface area contributed by atoms with E-state index < -0.39 is 12.2 Å². The van der Waals surface area contributed by atoms with Crippen LogP contribution < -0.4 is 10.2 Å². The number of aromatic nitrogens is 2. The van der Waals surface area contributed by atoms with E-state index in [1.807, 2.05) is 23.1 Å². The molecule has 0 amide bonds. The molecule has 3 aromatic rings. The van der Waals surface area contributed by atoms with Gasteiger partial charge in [0.05, 0.1) is 0 Å². The van der Waals surface area contributed by atoms with Gasteiger partial charge in [-0.1, -0.05) is 30.3 Å². The molecule has 5 nitrogen and oxygen atoms in total. The third-order valence-electron chi connectivity index (χ3n) is 5.31. The van der Waals surface area contributed by atoms with Gasteiger partial charge in [-0.3, -0.25) is 9.78 Å². The quantitative estimate of drug-likeness (QED) is 0.644. The van der Waals surface area contributed by atoms with Crippen LogP contribution in [0, 0.1) is 6.92 Å². The molecule has 1 aliphatic heterocycles. The number of carbonyl (C=O) groups is 1. The summed E-state index contributed by atoms with van der Waals surface area (Å²) in [6, 6.07) is 16.2. The fourth-order valence-corrected chi connectivity index (χ4v) is 3.71. The lowest BCUT2D eigenvalue weighted by molar-refractivity contribution is 0.101. The van der Waals surface area contributed by atoms with Crippen LogP contribution in [0.3, 0.4) is 0 Å². The molecule has 0 radical (unpaired) electrons. The van der Waals surface area contributed by atoms with E-state index in [-0.39, 0.29) is 22.9 Å². The van der Waals surface area contributed by atoms with Crippen LogP contribution >= 0.6 is 0 Å². The van der Waals surface area contributed by atoms with Gasteiger partial charge in [0.1, 0.15) is 11.5 Å². The number of halogens is 2. The van der Waals surface area contributed by atoms with Gasteiger partial charge in [-0.25, -0.2) is 13.8 Å². The van der Waals surface area contributed by atoms with Gasteiger partial charge in [-0.05, 0) is 36.8 Å². The number of piperazine rings is 1. The molecule has 0 saturated carbocycles. The van der Waals surface area contributed by atoms with E-state index in [1.54, 1.807) is 31.3 Å². The predicted molar refractivity (Wildman–Crippen MR) is 111 cm³/mol. The van der Waals surface area contributed by atoms with Crippen molar-refractivity contribution < 1.29 is 13.6 Å². The van der Waals surface area contributed by atoms with Crippen molar-refractivity contribution >= 4 is 11.6 Å². The van der Waals surface area contributed by atoms with Crippen molar-refractivity contribution in [1.82, 2.24) is 15.3 Å². The summed E-state index contributed by atoms with van der Waals surface area (Å²) in [5.41, 5.74) is 1.34. The van der Waals surface area contributed by atoms with Crippen LogP contribution in [-0.2, 0) is 0 Å². The van der Waals surface area contributed by atoms with Gasteiger partial charge in [0.15, 0.2) is 0 Å². The van der Waals surface area contributed by atoms with Crippen molar-refractivity contribution in [2.45, 2.75) is 19.4 Å². The Morgan fingerprint density at radius 3 is 2.67 bits per heavy atom. The number of rotatable bonds is 5. The smallest absolute Gasteiger partial charge is 0.266 e. The van der Waals surface area contributed by atoms with Crippen molar-refractivity contribution in [3.63, 3.8) is 0 Å². The Balaban J connectivity index is 1.67. The maximum Gasteiger partial charge on any atom is 0.266 e. The highest BCUT2D eigenvalue weighted by molar-refractivity contribution is 6.09. The Labute approximate surface area is 173 Å². The fourth-order valence-electron chi connectivity index (χ4n) is 3.71. The Bertz CT molecular complexity index is 1040. The standard InChI is InChI=1S/C23H22F2N4O/c1-15-17(8-5-11-26-15)22(30)21-18(23(24)25)9-10-20(28-21)29-13-12-27-19(14-29)16-6-3-2-4-7-16/h2-11,19,23,27H,12-14H2,1H3. The molecule has 1 atom stereocenters. The Kier molecular flexibility index (Phi) is 5.81. The second kappa shape index (κ2) is 8.67. The zero-order chi connectivity index (χ0) is 21.1. The minimum atomic E-state index is -2.79. The Morgan fingerprint density at radius 2 is 1.93 bits per heavy atom. The maximum atomic E-state index is 13.6. The monoisotopic (exact) mass is 408 g/mol. The molecule has 0 bridgehead atoms. The number of anilines is 1. The van der Waals surface area contributed by atoms with Gasteiger partial charge in [-0.15, -0.1) is 0 Å². The summed E-state index contributed by atoms with van der Waals surface area (Å²) in [6.45, 7) is 3.71. The highest BCUT2D eigenvalue weighted by Crippen LogP contribution is 2.28. The van der Waals surface area contributed by atoms with Gasteiger partial charge in [0, 0.05) is 48.7 Å². The van der Waals surface area contributed by atoms with Crippen molar-refractivity contribution in [3.05, 3.63) is 88.9 Å². The minimum absolute atomic E-state index is 0.0937. The molecule has 1 saturated heterocycles. The Morgan fingerprint density at radius 1 is 1.13 bits per heavy atom. The molecule has 4 rings (SSSR count). The van der Waals surface area contributed by atoms with Gasteiger partial charge in [-0.2, -0.15) is 0 Å². The molecule has 1 aliphatic rings. The van der Waals surface area contributed by atoms with E-state index in [0.717, 1.165) is 12.1 Å². The lowest BCUT2D eigenvalue weighted by Gasteiger charge is -2.35. The third kappa shape index (κ3) is 4.07. The average Bonchev–Trinajstić information content (AvgIpc) is 2.79. The van der Waals surface area contributed by atoms with E-state index in [1.165, 1.54) is 6.07 Å². The van der Waals surface area contributed by atoms with Crippen molar-refractivity contribution in [2.75, 3.05) is 24.5 Å². The van der Waals surface area contributed by atoms with Crippen LogP contribution in [0.4, 0.5) is 14.6 Å². The van der Waals surface area contributed by atoms with Gasteiger partial charge >= 0.3 is 0 Å². The molecule has 30 heavy (non-hydrogen) atoms. The number of hydrogen-bond acceptors (Lipinski definition) is 5. The molecule has 1 fully saturated rings. The number of benzene rings is 1. The molecule has 7 heteroatoms. The number of nitrogens with one attached hydrogen (secondary N) is 1. The summed E-state index contributed by atoms with van der Waals surface area (Å²) in [6.07, 6.45) is -1.23. The fraction of sp³-hybridized carbons (Fsp3) is 0.261. The van der Waals surface area contributed by atoms with Crippen LogP contribution in [0.15, 0.2) is 60.8 Å². The van der Waals surface area contributed by atoms with E-state index in [4.69, 9.17) is 0 Å². The van der Waals surface area contributed by atoms with Crippen LogP contribution in [0.2, 0.25) is 0 Å². The van der Waals surface area contributed by atoms with E-state index >= 15 is 0 Å². The number of aryl methyl sites for hydroxylation is 1. The average molecular weight is 408 g/mol. The van der Waals surface area contributed by atoms with Crippen LogP contribution in [-0.4, -0.2) is 35.4 Å². The van der Waals surface area contributed by atoms with Crippen LogP contribution in [0.25, 0.3) is 0 Å². The first-order valence-electron chi connectivity index (χ1n) is 9.83. The SMILES string of the molecule is Cc1ncccc1C(=O)c1nc(N2CCNC(c3ccccc3)C2)ccc1C(F)F. The first kappa shape index (κ1) is 20.1. The van der Waals surface area contributed by atoms with Gasteiger partial charge in [0.2, 0.25) is 5.78 Å². The second-order valence-electron chi connectivity index (χ2n) is 7.24. The number of carbonyl (C=O) groups excluding carboxylic acids is 1. The second-order valence-corrected chi connectivity index (χ2v) is 7.24. The van der Waals surface area contributed by atoms with Crippen molar-refractivity contribution in [1.29, 1.82) is 0 Å². The number of hydrogen-bond donors (Lipinski definition) is 1. The number of nitrogens with zero attached hydrogens (tertiary/aromatic N) is 3. The van der Waals surface area contributed by atoms with E-state index in [9.17, 15) is 13.6 Å². The minimum Gasteiger partial charge on any atom is -0.353 e.